The molecule has 10 nitrogen and oxygen atoms in total. The molecule has 0 spiro atoms. The first-order valence-corrected chi connectivity index (χ1v) is 13.4. The summed E-state index contributed by atoms with van der Waals surface area (Å²) in [5.41, 5.74) is 1.24. The molecule has 200 valence electrons. The number of hydrogen-bond donors (Lipinski definition) is 2. The Morgan fingerprint density at radius 2 is 1.76 bits per heavy atom. The van der Waals surface area contributed by atoms with Crippen molar-refractivity contribution in [1.82, 2.24) is 19.2 Å². The van der Waals surface area contributed by atoms with Gasteiger partial charge in [-0.05, 0) is 31.4 Å². The molecule has 0 saturated carbocycles. The lowest BCUT2D eigenvalue weighted by atomic mass is 9.85. The number of para-hydroxylation sites is 2. The molecule has 2 atom stereocenters. The first-order chi connectivity index (χ1) is 17.6. The highest BCUT2D eigenvalue weighted by atomic mass is 35.6. The maximum absolute atomic E-state index is 12.3. The van der Waals surface area contributed by atoms with Crippen LogP contribution in [-0.2, 0) is 14.3 Å². The van der Waals surface area contributed by atoms with E-state index in [4.69, 9.17) is 34.8 Å². The number of allylic oxidation sites excluding steroid dienone is 2. The van der Waals surface area contributed by atoms with Crippen LogP contribution in [-0.4, -0.2) is 54.6 Å². The van der Waals surface area contributed by atoms with Gasteiger partial charge >= 0.3 is 12.1 Å². The van der Waals surface area contributed by atoms with E-state index < -0.39 is 9.22 Å². The van der Waals surface area contributed by atoms with E-state index >= 15 is 0 Å². The van der Waals surface area contributed by atoms with Gasteiger partial charge in [-0.3, -0.25) is 14.9 Å². The summed E-state index contributed by atoms with van der Waals surface area (Å²) in [6.45, 7) is 2.61. The number of unbranched alkanes of at least 4 members (excludes halogenated alkanes) is 1. The summed E-state index contributed by atoms with van der Waals surface area (Å²) in [4.78, 5) is 51.7. The monoisotopic (exact) mass is 589 g/mol. The molecule has 2 unspecified atom stereocenters. The fourth-order valence-corrected chi connectivity index (χ4v) is 5.15. The quantitative estimate of drug-likeness (QED) is 0.155. The predicted molar refractivity (Wildman–Crippen MR) is 145 cm³/mol. The van der Waals surface area contributed by atoms with Gasteiger partial charge < -0.3 is 10.1 Å². The van der Waals surface area contributed by atoms with Crippen LogP contribution in [0.4, 0.5) is 15.5 Å². The molecule has 4 rings (SSSR count). The Hall–Kier alpha value is -2.47. The second-order valence-corrected chi connectivity index (χ2v) is 12.2. The van der Waals surface area contributed by atoms with E-state index in [0.717, 1.165) is 17.1 Å². The zero-order valence-corrected chi connectivity index (χ0v) is 23.2. The van der Waals surface area contributed by atoms with Crippen molar-refractivity contribution in [2.24, 2.45) is 11.8 Å². The SMILES string of the molecule is CCCCNC(=O)n1c(NC(=O)OC)nc2ccccc21.O=C1C2CC=CCC2C(=O)N1SC(Cl)(Cl)Cl. The second-order valence-electron chi connectivity index (χ2n) is 8.13. The summed E-state index contributed by atoms with van der Waals surface area (Å²) in [7, 11) is 1.25. The van der Waals surface area contributed by atoms with E-state index in [2.05, 4.69) is 20.4 Å². The number of benzene rings is 1. The summed E-state index contributed by atoms with van der Waals surface area (Å²) in [5.74, 6) is -0.932. The Labute approximate surface area is 233 Å². The standard InChI is InChI=1S/C14H18N4O3.C9H8Cl3NO2S/c1-3-4-9-15-13(19)18-11-8-6-5-7-10(11)16-12(18)17-14(20)21-2;10-9(11,12)16-13-7(14)5-3-1-2-4-6(5)8(13)15/h5-8H,3-4,9H2,1-2H3,(H,15,19)(H,16,17,20);1-2,5-6H,3-4H2. The summed E-state index contributed by atoms with van der Waals surface area (Å²) >= 11 is 17.4. The number of halogens is 3. The molecule has 1 aliphatic carbocycles. The van der Waals surface area contributed by atoms with Crippen molar-refractivity contribution < 1.29 is 23.9 Å². The van der Waals surface area contributed by atoms with Gasteiger partial charge in [-0.2, -0.15) is 0 Å². The maximum atomic E-state index is 12.3. The van der Waals surface area contributed by atoms with Crippen molar-refractivity contribution in [2.75, 3.05) is 19.0 Å². The van der Waals surface area contributed by atoms with Gasteiger partial charge in [0.15, 0.2) is 0 Å². The van der Waals surface area contributed by atoms with Crippen LogP contribution >= 0.6 is 46.8 Å². The molecule has 4 amide bonds. The number of amides is 4. The Morgan fingerprint density at radius 3 is 2.32 bits per heavy atom. The van der Waals surface area contributed by atoms with Crippen molar-refractivity contribution >= 4 is 87.7 Å². The molecule has 1 aromatic carbocycles. The van der Waals surface area contributed by atoms with Crippen LogP contribution in [0.15, 0.2) is 36.4 Å². The first kappa shape index (κ1) is 29.1. The van der Waals surface area contributed by atoms with Gasteiger partial charge in [-0.1, -0.05) is 72.4 Å². The number of nitrogens with zero attached hydrogens (tertiary/aromatic N) is 3. The van der Waals surface area contributed by atoms with Gasteiger partial charge in [0, 0.05) is 18.5 Å². The largest absolute Gasteiger partial charge is 0.453 e. The first-order valence-electron chi connectivity index (χ1n) is 11.5. The zero-order valence-electron chi connectivity index (χ0n) is 20.1. The minimum absolute atomic E-state index is 0.136. The lowest BCUT2D eigenvalue weighted by molar-refractivity contribution is -0.133. The number of anilines is 1. The van der Waals surface area contributed by atoms with E-state index in [1.807, 2.05) is 31.2 Å². The van der Waals surface area contributed by atoms with Crippen molar-refractivity contribution in [3.8, 4) is 0 Å². The van der Waals surface area contributed by atoms with Gasteiger partial charge in [-0.25, -0.2) is 23.4 Å². The average Bonchev–Trinajstić information content (AvgIpc) is 3.34. The van der Waals surface area contributed by atoms with Gasteiger partial charge in [0.1, 0.15) is 0 Å². The number of nitrogens with one attached hydrogen (secondary N) is 2. The molecule has 2 N–H and O–H groups in total. The fraction of sp³-hybridized carbons (Fsp3) is 0.435. The van der Waals surface area contributed by atoms with Crippen LogP contribution in [0.2, 0.25) is 0 Å². The normalized spacial score (nSPS) is 18.8. The van der Waals surface area contributed by atoms with Crippen LogP contribution in [0.25, 0.3) is 11.0 Å². The van der Waals surface area contributed by atoms with E-state index in [0.29, 0.717) is 42.4 Å². The Bertz CT molecular complexity index is 1170. The predicted octanol–water partition coefficient (Wildman–Crippen LogP) is 5.49. The minimum Gasteiger partial charge on any atom is -0.453 e. The molecule has 1 aromatic heterocycles. The molecule has 1 saturated heterocycles. The molecule has 37 heavy (non-hydrogen) atoms. The summed E-state index contributed by atoms with van der Waals surface area (Å²) < 4.78 is 5.19. The van der Waals surface area contributed by atoms with Crippen LogP contribution in [0.3, 0.4) is 0 Å². The summed E-state index contributed by atoms with van der Waals surface area (Å²) in [6.07, 6.45) is 6.20. The lowest BCUT2D eigenvalue weighted by Crippen LogP contribution is -2.31. The van der Waals surface area contributed by atoms with Gasteiger partial charge in [0.05, 0.1) is 30.0 Å². The Balaban J connectivity index is 0.000000213. The average molecular weight is 591 g/mol. The second kappa shape index (κ2) is 12.9. The molecule has 0 radical (unpaired) electrons. The van der Waals surface area contributed by atoms with Crippen LogP contribution in [0.1, 0.15) is 32.6 Å². The highest BCUT2D eigenvalue weighted by molar-refractivity contribution is 8.03. The van der Waals surface area contributed by atoms with Crippen molar-refractivity contribution in [3.05, 3.63) is 36.4 Å². The molecule has 14 heteroatoms. The smallest absolute Gasteiger partial charge is 0.413 e. The maximum Gasteiger partial charge on any atom is 0.413 e. The molecular formula is C23H26Cl3N5O5S. The lowest BCUT2D eigenvalue weighted by Gasteiger charge is -2.17. The third-order valence-electron chi connectivity index (χ3n) is 5.63. The fourth-order valence-electron chi connectivity index (χ4n) is 3.87. The van der Waals surface area contributed by atoms with E-state index in [9.17, 15) is 19.2 Å². The number of carbonyl (C=O) groups excluding carboxylic acids is 4. The highest BCUT2D eigenvalue weighted by Gasteiger charge is 2.49. The summed E-state index contributed by atoms with van der Waals surface area (Å²) in [6, 6.07) is 6.83. The molecule has 2 heterocycles. The van der Waals surface area contributed by atoms with Gasteiger partial charge in [-0.15, -0.1) is 0 Å². The van der Waals surface area contributed by atoms with E-state index in [1.165, 1.54) is 11.7 Å². The third-order valence-corrected chi connectivity index (χ3v) is 7.00. The number of alkyl halides is 3. The molecule has 2 aromatic rings. The molecular weight excluding hydrogens is 565 g/mol. The van der Waals surface area contributed by atoms with Gasteiger partial charge in [0.25, 0.3) is 3.12 Å². The minimum atomic E-state index is -1.69. The Kier molecular flexibility index (Phi) is 10.1. The number of methoxy groups -OCH3 is 1. The Morgan fingerprint density at radius 1 is 1.14 bits per heavy atom. The van der Waals surface area contributed by atoms with Gasteiger partial charge in [0.2, 0.25) is 17.8 Å². The molecule has 2 aliphatic rings. The number of hydrogen-bond acceptors (Lipinski definition) is 7. The van der Waals surface area contributed by atoms with Crippen molar-refractivity contribution in [3.63, 3.8) is 0 Å². The van der Waals surface area contributed by atoms with Crippen molar-refractivity contribution in [1.29, 1.82) is 0 Å². The number of imidazole rings is 1. The molecule has 0 bridgehead atoms. The summed E-state index contributed by atoms with van der Waals surface area (Å²) in [5, 5.41) is 5.25. The number of ether oxygens (including phenoxy) is 1. The number of imide groups is 1. The van der Waals surface area contributed by atoms with E-state index in [1.54, 1.807) is 12.1 Å². The molecule has 1 aliphatic heterocycles. The third kappa shape index (κ3) is 7.31. The number of fused-ring (bicyclic) bond motifs is 2. The van der Waals surface area contributed by atoms with Crippen LogP contribution < -0.4 is 10.6 Å². The molecule has 1 fully saturated rings. The van der Waals surface area contributed by atoms with E-state index in [-0.39, 0.29) is 35.6 Å². The number of aromatic nitrogens is 2. The highest BCUT2D eigenvalue weighted by Crippen LogP contribution is 2.46. The van der Waals surface area contributed by atoms with Crippen LogP contribution in [0.5, 0.6) is 0 Å². The van der Waals surface area contributed by atoms with Crippen molar-refractivity contribution in [2.45, 2.75) is 35.7 Å². The topological polar surface area (TPSA) is 123 Å². The number of carbonyl (C=O) groups is 4. The number of rotatable bonds is 5. The zero-order chi connectivity index (χ0) is 27.2. The van der Waals surface area contributed by atoms with Crippen LogP contribution in [0, 0.1) is 11.8 Å².